The first kappa shape index (κ1) is 43.0. The van der Waals surface area contributed by atoms with Gasteiger partial charge < -0.3 is 37.8 Å². The van der Waals surface area contributed by atoms with Crippen LogP contribution in [0.25, 0.3) is 22.5 Å². The molecule has 10 nitrogen and oxygen atoms in total. The number of aliphatic hydroxyl groups excluding tert-OH is 1. The Hall–Kier alpha value is -1.93. The van der Waals surface area contributed by atoms with Crippen LogP contribution in [0.2, 0.25) is 20.1 Å². The summed E-state index contributed by atoms with van der Waals surface area (Å²) in [6.45, 7) is 3.37. The van der Waals surface area contributed by atoms with Crippen LogP contribution in [-0.4, -0.2) is 65.6 Å². The quantitative estimate of drug-likeness (QED) is 0.171. The van der Waals surface area contributed by atoms with Crippen molar-refractivity contribution in [3.05, 3.63) is 79.1 Å². The molecular formula is C46H51Cl5N2O8. The predicted octanol–water partition coefficient (Wildman–Crippen LogP) is 12.1. The van der Waals surface area contributed by atoms with Crippen LogP contribution >= 0.6 is 58.0 Å². The molecule has 1 N–H and O–H groups in total. The molecule has 4 bridgehead atoms. The average Bonchev–Trinajstić information content (AvgIpc) is 4.01. The van der Waals surface area contributed by atoms with Crippen LogP contribution < -0.4 is 0 Å². The lowest BCUT2D eigenvalue weighted by atomic mass is 9.81. The minimum absolute atomic E-state index is 0.115. The summed E-state index contributed by atoms with van der Waals surface area (Å²) in [4.78, 5) is 0. The normalized spacial score (nSPS) is 29.1. The van der Waals surface area contributed by atoms with E-state index in [4.69, 9.17) is 90.7 Å². The molecule has 12 rings (SSSR count). The molecule has 0 radical (unpaired) electrons. The van der Waals surface area contributed by atoms with Crippen molar-refractivity contribution in [2.75, 3.05) is 26.4 Å². The lowest BCUT2D eigenvalue weighted by Crippen LogP contribution is -2.47. The molecule has 2 aromatic heterocycles. The summed E-state index contributed by atoms with van der Waals surface area (Å²) in [6.07, 6.45) is 12.9. The number of nitrogens with zero attached hydrogens (tertiary/aromatic N) is 2. The Balaban J connectivity index is 0.000000121. The molecule has 2 saturated heterocycles. The zero-order chi connectivity index (χ0) is 41.9. The van der Waals surface area contributed by atoms with E-state index in [1.54, 1.807) is 18.2 Å². The number of hydrogen-bond donors (Lipinski definition) is 1. The second kappa shape index (κ2) is 17.8. The molecule has 2 spiro atoms. The third kappa shape index (κ3) is 8.22. The highest BCUT2D eigenvalue weighted by molar-refractivity contribution is 6.39. The molecule has 328 valence electrons. The first-order valence-electron chi connectivity index (χ1n) is 22.0. The van der Waals surface area contributed by atoms with E-state index in [1.165, 1.54) is 12.8 Å². The van der Waals surface area contributed by atoms with Gasteiger partial charge in [0, 0.05) is 57.8 Å². The Morgan fingerprint density at radius 3 is 1.38 bits per heavy atom. The van der Waals surface area contributed by atoms with E-state index in [-0.39, 0.29) is 23.8 Å². The first-order valence-corrected chi connectivity index (χ1v) is 24.0. The van der Waals surface area contributed by atoms with E-state index in [2.05, 4.69) is 10.3 Å². The van der Waals surface area contributed by atoms with Crippen molar-refractivity contribution in [3.63, 3.8) is 0 Å². The molecule has 2 aliphatic heterocycles. The highest BCUT2D eigenvalue weighted by atomic mass is 35.5. The average molecular weight is 937 g/mol. The third-order valence-electron chi connectivity index (χ3n) is 14.2. The standard InChI is InChI=1S/C23H25Cl2NO4.C13H10Cl3NO.C10H16O3/c24-18-2-1-3-19(25)20(18)21-17(22(30-26-21)13-4-5-13)12-27-16-10-14-6-7-15(11-16)23(14)28-8-9-29-23;14-6-8-12(17-18-13(8)7-4-5-7)11-9(15)2-1-3-10(11)16;11-9-5-7-1-2-8(6-9)10(7)12-3-4-13-10/h1-3,13-16H,4-12H2;1-3,7H,4-6H2;7-9,11H,1-6H2. The summed E-state index contributed by atoms with van der Waals surface area (Å²) in [5.41, 5.74) is 4.72. The van der Waals surface area contributed by atoms with Crippen LogP contribution in [0.1, 0.15) is 112 Å². The fraction of sp³-hybridized carbons (Fsp3) is 0.609. The molecule has 4 heterocycles. The van der Waals surface area contributed by atoms with Crippen molar-refractivity contribution >= 4 is 58.0 Å². The van der Waals surface area contributed by atoms with Gasteiger partial charge in [-0.3, -0.25) is 0 Å². The molecule has 0 amide bonds. The van der Waals surface area contributed by atoms with Crippen LogP contribution in [0.5, 0.6) is 0 Å². The van der Waals surface area contributed by atoms with Crippen molar-refractivity contribution in [1.29, 1.82) is 0 Å². The van der Waals surface area contributed by atoms with Gasteiger partial charge in [-0.05, 0) is 101 Å². The van der Waals surface area contributed by atoms with Crippen LogP contribution in [-0.2, 0) is 36.2 Å². The van der Waals surface area contributed by atoms with Crippen LogP contribution in [0, 0.1) is 23.7 Å². The Morgan fingerprint density at radius 2 is 0.967 bits per heavy atom. The number of hydrogen-bond acceptors (Lipinski definition) is 10. The Labute approximate surface area is 381 Å². The molecule has 15 heteroatoms. The van der Waals surface area contributed by atoms with E-state index in [0.29, 0.717) is 98.2 Å². The van der Waals surface area contributed by atoms with Gasteiger partial charge in [0.1, 0.15) is 22.9 Å². The second-order valence-electron chi connectivity index (χ2n) is 17.9. The van der Waals surface area contributed by atoms with Crippen LogP contribution in [0.3, 0.4) is 0 Å². The summed E-state index contributed by atoms with van der Waals surface area (Å²) in [7, 11) is 0. The maximum absolute atomic E-state index is 9.62. The number of halogens is 5. The fourth-order valence-corrected chi connectivity index (χ4v) is 12.6. The number of benzene rings is 2. The number of ether oxygens (including phenoxy) is 5. The Bertz CT molecular complexity index is 2120. The van der Waals surface area contributed by atoms with Crippen LogP contribution in [0.4, 0.5) is 0 Å². The minimum atomic E-state index is -0.341. The molecule has 8 fully saturated rings. The molecule has 4 unspecified atom stereocenters. The summed E-state index contributed by atoms with van der Waals surface area (Å²) >= 11 is 31.3. The third-order valence-corrected chi connectivity index (χ3v) is 15.7. The maximum atomic E-state index is 9.62. The molecule has 61 heavy (non-hydrogen) atoms. The molecule has 6 saturated carbocycles. The smallest absolute Gasteiger partial charge is 0.174 e. The lowest BCUT2D eigenvalue weighted by Gasteiger charge is -2.41. The molecule has 6 aliphatic carbocycles. The largest absolute Gasteiger partial charge is 0.393 e. The molecule has 4 atom stereocenters. The number of alkyl halides is 1. The highest BCUT2D eigenvalue weighted by Gasteiger charge is 2.59. The SMILES string of the molecule is ClCc1c(-c2c(Cl)cccc2Cl)noc1C1CC1.Clc1cccc(Cl)c1-c1noc(C2CC2)c1COC1CC2CCC(C1)C21OCCO1.OC1CC2CCC(C1)C21OCCO1. The maximum Gasteiger partial charge on any atom is 0.174 e. The topological polar surface area (TPSA) is 118 Å². The summed E-state index contributed by atoms with van der Waals surface area (Å²) in [5, 5.41) is 20.4. The number of rotatable bonds is 8. The summed E-state index contributed by atoms with van der Waals surface area (Å²) in [5.74, 6) is 4.18. The molecule has 8 aliphatic rings. The monoisotopic (exact) mass is 934 g/mol. The van der Waals surface area contributed by atoms with Crippen molar-refractivity contribution in [3.8, 4) is 22.5 Å². The van der Waals surface area contributed by atoms with Crippen molar-refractivity contribution < 1.29 is 37.8 Å². The zero-order valence-corrected chi connectivity index (χ0v) is 37.7. The van der Waals surface area contributed by atoms with Gasteiger partial charge in [0.05, 0.1) is 71.2 Å². The lowest BCUT2D eigenvalue weighted by molar-refractivity contribution is -0.238. The highest BCUT2D eigenvalue weighted by Crippen LogP contribution is 2.56. The van der Waals surface area contributed by atoms with Gasteiger partial charge in [-0.15, -0.1) is 11.6 Å². The summed E-state index contributed by atoms with van der Waals surface area (Å²) < 4.78 is 41.4. The van der Waals surface area contributed by atoms with Gasteiger partial charge in [-0.2, -0.15) is 0 Å². The first-order chi connectivity index (χ1) is 29.7. The van der Waals surface area contributed by atoms with E-state index >= 15 is 0 Å². The van der Waals surface area contributed by atoms with Gasteiger partial charge in [0.2, 0.25) is 0 Å². The summed E-state index contributed by atoms with van der Waals surface area (Å²) in [6, 6.07) is 10.9. The zero-order valence-electron chi connectivity index (χ0n) is 33.9. The predicted molar refractivity (Wildman–Crippen MR) is 232 cm³/mol. The van der Waals surface area contributed by atoms with Crippen molar-refractivity contribution in [2.45, 2.75) is 125 Å². The van der Waals surface area contributed by atoms with Gasteiger partial charge in [0.15, 0.2) is 11.6 Å². The molecule has 4 aromatic rings. The number of aromatic nitrogens is 2. The Morgan fingerprint density at radius 1 is 0.574 bits per heavy atom. The van der Waals surface area contributed by atoms with E-state index in [0.717, 1.165) is 106 Å². The van der Waals surface area contributed by atoms with Gasteiger partial charge in [-0.25, -0.2) is 0 Å². The van der Waals surface area contributed by atoms with E-state index in [9.17, 15) is 5.11 Å². The van der Waals surface area contributed by atoms with E-state index in [1.807, 2.05) is 18.2 Å². The molecule has 2 aromatic carbocycles. The number of aliphatic hydroxyl groups is 1. The van der Waals surface area contributed by atoms with E-state index < -0.39 is 0 Å². The fourth-order valence-electron chi connectivity index (χ4n) is 11.1. The Kier molecular flexibility index (Phi) is 12.5. The van der Waals surface area contributed by atoms with Crippen LogP contribution in [0.15, 0.2) is 45.4 Å². The second-order valence-corrected chi connectivity index (χ2v) is 19.8. The molecular weight excluding hydrogens is 886 g/mol. The van der Waals surface area contributed by atoms with Crippen molar-refractivity contribution in [1.82, 2.24) is 10.3 Å². The van der Waals surface area contributed by atoms with Gasteiger partial charge >= 0.3 is 0 Å². The van der Waals surface area contributed by atoms with Gasteiger partial charge in [0.25, 0.3) is 0 Å². The van der Waals surface area contributed by atoms with Gasteiger partial charge in [-0.1, -0.05) is 68.8 Å². The van der Waals surface area contributed by atoms with Crippen molar-refractivity contribution in [2.24, 2.45) is 23.7 Å². The minimum Gasteiger partial charge on any atom is -0.393 e.